The summed E-state index contributed by atoms with van der Waals surface area (Å²) in [5, 5.41) is 12.3. The van der Waals surface area contributed by atoms with E-state index >= 15 is 0 Å². The Hall–Kier alpha value is -2.31. The Labute approximate surface area is 156 Å². The lowest BCUT2D eigenvalue weighted by Gasteiger charge is -2.32. The number of thiazole rings is 1. The molecule has 0 spiro atoms. The molecule has 2 aromatic carbocycles. The highest BCUT2D eigenvalue weighted by Crippen LogP contribution is 2.32. The zero-order valence-corrected chi connectivity index (χ0v) is 15.5. The van der Waals surface area contributed by atoms with E-state index in [9.17, 15) is 10.1 Å². The minimum atomic E-state index is -0.315. The van der Waals surface area contributed by atoms with Crippen molar-refractivity contribution in [3.05, 3.63) is 69.2 Å². The first kappa shape index (κ1) is 17.1. The molecule has 134 valence electrons. The molecule has 3 aromatic rings. The van der Waals surface area contributed by atoms with E-state index in [0.717, 1.165) is 37.0 Å². The molecule has 0 bridgehead atoms. The molecule has 26 heavy (non-hydrogen) atoms. The summed E-state index contributed by atoms with van der Waals surface area (Å²) in [4.78, 5) is 17.0. The van der Waals surface area contributed by atoms with Crippen LogP contribution in [0.3, 0.4) is 0 Å². The molecular weight excluding hydrogens is 346 g/mol. The number of nitrogens with zero attached hydrogens (tertiary/aromatic N) is 2. The molecule has 5 nitrogen and oxygen atoms in total. The third kappa shape index (κ3) is 3.34. The van der Waals surface area contributed by atoms with Crippen LogP contribution in [0.1, 0.15) is 42.3 Å². The Bertz CT molecular complexity index is 898. The van der Waals surface area contributed by atoms with Crippen molar-refractivity contribution in [3.8, 4) is 0 Å². The Balaban J connectivity index is 1.44. The Morgan fingerprint density at radius 1 is 1.19 bits per heavy atom. The highest BCUT2D eigenvalue weighted by Gasteiger charge is 2.29. The predicted molar refractivity (Wildman–Crippen MR) is 104 cm³/mol. The molecule has 0 unspecified atom stereocenters. The number of hydrogen-bond donors (Lipinski definition) is 1. The maximum Gasteiger partial charge on any atom is 0.269 e. The van der Waals surface area contributed by atoms with Crippen LogP contribution in [0.4, 0.5) is 5.69 Å². The van der Waals surface area contributed by atoms with Gasteiger partial charge in [0.25, 0.3) is 5.69 Å². The minimum Gasteiger partial charge on any atom is -0.329 e. The number of benzene rings is 2. The second kappa shape index (κ2) is 7.13. The van der Waals surface area contributed by atoms with Crippen LogP contribution in [0.2, 0.25) is 0 Å². The van der Waals surface area contributed by atoms with Gasteiger partial charge >= 0.3 is 0 Å². The molecule has 4 rings (SSSR count). The van der Waals surface area contributed by atoms with Crippen molar-refractivity contribution < 1.29 is 9.82 Å². The molecule has 1 aliphatic rings. The van der Waals surface area contributed by atoms with Gasteiger partial charge in [-0.2, -0.15) is 0 Å². The number of nitrogens with one attached hydrogen (secondary N) is 1. The van der Waals surface area contributed by atoms with Gasteiger partial charge in [0.15, 0.2) is 0 Å². The first-order valence-electron chi connectivity index (χ1n) is 9.06. The standard InChI is InChI=1S/C20H21N3O2S/c1-14(16-5-4-6-17(13-16)23(24)25)22-11-9-15(10-12-22)20-21-18-7-2-3-8-19(18)26-20/h2-8,13-15H,9-12H2,1H3/p+1/t14-/m0/s1. The topological polar surface area (TPSA) is 60.5 Å². The Morgan fingerprint density at radius 3 is 2.69 bits per heavy atom. The number of nitro groups is 1. The molecule has 0 aliphatic carbocycles. The van der Waals surface area contributed by atoms with E-state index < -0.39 is 0 Å². The van der Waals surface area contributed by atoms with Gasteiger partial charge in [0.05, 0.1) is 33.2 Å². The number of non-ortho nitro benzene ring substituents is 1. The van der Waals surface area contributed by atoms with Crippen LogP contribution in [-0.2, 0) is 0 Å². The molecule has 6 heteroatoms. The lowest BCUT2D eigenvalue weighted by Crippen LogP contribution is -3.13. The SMILES string of the molecule is C[C@@H](c1cccc([N+](=O)[O-])c1)[NH+]1CCC(c2nc3ccccc3s2)CC1. The summed E-state index contributed by atoms with van der Waals surface area (Å²) >= 11 is 1.82. The van der Waals surface area contributed by atoms with Crippen LogP contribution in [0.5, 0.6) is 0 Å². The summed E-state index contributed by atoms with van der Waals surface area (Å²) in [5.74, 6) is 0.536. The molecule has 1 N–H and O–H groups in total. The second-order valence-corrected chi connectivity index (χ2v) is 8.09. The lowest BCUT2D eigenvalue weighted by atomic mass is 9.95. The van der Waals surface area contributed by atoms with Crippen LogP contribution in [0, 0.1) is 10.1 Å². The molecule has 1 saturated heterocycles. The van der Waals surface area contributed by atoms with Crippen molar-refractivity contribution >= 4 is 27.2 Å². The van der Waals surface area contributed by atoms with Crippen molar-refractivity contribution in [1.29, 1.82) is 0 Å². The summed E-state index contributed by atoms with van der Waals surface area (Å²) < 4.78 is 1.27. The van der Waals surface area contributed by atoms with Gasteiger partial charge in [-0.15, -0.1) is 11.3 Å². The normalized spacial score (nSPS) is 21.6. The van der Waals surface area contributed by atoms with Crippen LogP contribution in [0.15, 0.2) is 48.5 Å². The minimum absolute atomic E-state index is 0.179. The fourth-order valence-electron chi connectivity index (χ4n) is 3.88. The van der Waals surface area contributed by atoms with Gasteiger partial charge in [-0.05, 0) is 19.1 Å². The number of aromatic nitrogens is 1. The third-order valence-corrected chi connectivity index (χ3v) is 6.68. The van der Waals surface area contributed by atoms with Gasteiger partial charge < -0.3 is 4.90 Å². The fraction of sp³-hybridized carbons (Fsp3) is 0.350. The van der Waals surface area contributed by atoms with Crippen LogP contribution in [0.25, 0.3) is 10.2 Å². The molecule has 0 amide bonds. The summed E-state index contributed by atoms with van der Waals surface area (Å²) in [7, 11) is 0. The van der Waals surface area contributed by atoms with E-state index in [1.54, 1.807) is 18.2 Å². The number of nitro benzene ring substituents is 1. The third-order valence-electron chi connectivity index (χ3n) is 5.48. The number of piperidine rings is 1. The molecular formula is C20H22N3O2S+. The van der Waals surface area contributed by atoms with Gasteiger partial charge in [0.2, 0.25) is 0 Å². The van der Waals surface area contributed by atoms with Crippen LogP contribution >= 0.6 is 11.3 Å². The largest absolute Gasteiger partial charge is 0.329 e. The van der Waals surface area contributed by atoms with E-state index in [0.29, 0.717) is 5.92 Å². The maximum absolute atomic E-state index is 11.0. The molecule has 1 aliphatic heterocycles. The fourth-order valence-corrected chi connectivity index (χ4v) is 5.01. The maximum atomic E-state index is 11.0. The van der Waals surface area contributed by atoms with Crippen molar-refractivity contribution in [1.82, 2.24) is 4.98 Å². The first-order chi connectivity index (χ1) is 12.6. The molecule has 0 saturated carbocycles. The van der Waals surface area contributed by atoms with Gasteiger partial charge in [0.1, 0.15) is 6.04 Å². The highest BCUT2D eigenvalue weighted by atomic mass is 32.1. The van der Waals surface area contributed by atoms with Crippen molar-refractivity contribution in [2.24, 2.45) is 0 Å². The smallest absolute Gasteiger partial charge is 0.269 e. The van der Waals surface area contributed by atoms with E-state index in [2.05, 4.69) is 25.1 Å². The number of quaternary nitrogens is 1. The second-order valence-electron chi connectivity index (χ2n) is 7.03. The monoisotopic (exact) mass is 368 g/mol. The summed E-state index contributed by atoms with van der Waals surface area (Å²) in [6, 6.07) is 15.7. The van der Waals surface area contributed by atoms with E-state index in [4.69, 9.17) is 4.98 Å². The summed E-state index contributed by atoms with van der Waals surface area (Å²) in [6.45, 7) is 4.32. The zero-order valence-electron chi connectivity index (χ0n) is 14.7. The number of hydrogen-bond acceptors (Lipinski definition) is 4. The van der Waals surface area contributed by atoms with Crippen molar-refractivity contribution in [2.75, 3.05) is 13.1 Å². The van der Waals surface area contributed by atoms with Gasteiger partial charge in [-0.3, -0.25) is 10.1 Å². The molecule has 1 aromatic heterocycles. The summed E-state index contributed by atoms with van der Waals surface area (Å²) in [5.41, 5.74) is 2.33. The Kier molecular flexibility index (Phi) is 4.70. The predicted octanol–water partition coefficient (Wildman–Crippen LogP) is 3.73. The number of likely N-dealkylation sites (tertiary alicyclic amines) is 1. The average molecular weight is 368 g/mol. The first-order valence-corrected chi connectivity index (χ1v) is 9.88. The zero-order chi connectivity index (χ0) is 18.1. The van der Waals surface area contributed by atoms with E-state index in [-0.39, 0.29) is 16.7 Å². The average Bonchev–Trinajstić information content (AvgIpc) is 3.12. The lowest BCUT2D eigenvalue weighted by molar-refractivity contribution is -0.934. The highest BCUT2D eigenvalue weighted by molar-refractivity contribution is 7.18. The van der Waals surface area contributed by atoms with Gasteiger partial charge in [-0.25, -0.2) is 4.98 Å². The quantitative estimate of drug-likeness (QED) is 0.564. The van der Waals surface area contributed by atoms with Crippen LogP contribution in [-0.4, -0.2) is 23.0 Å². The van der Waals surface area contributed by atoms with Gasteiger partial charge in [-0.1, -0.05) is 24.3 Å². The van der Waals surface area contributed by atoms with Crippen molar-refractivity contribution in [3.63, 3.8) is 0 Å². The van der Waals surface area contributed by atoms with Crippen LogP contribution < -0.4 is 4.90 Å². The van der Waals surface area contributed by atoms with Crippen molar-refractivity contribution in [2.45, 2.75) is 31.7 Å². The summed E-state index contributed by atoms with van der Waals surface area (Å²) in [6.07, 6.45) is 2.24. The number of para-hydroxylation sites is 1. The molecule has 0 radical (unpaired) electrons. The number of rotatable bonds is 4. The van der Waals surface area contributed by atoms with E-state index in [1.807, 2.05) is 23.5 Å². The van der Waals surface area contributed by atoms with Gasteiger partial charge in [0, 0.05) is 36.5 Å². The molecule has 1 fully saturated rings. The molecule has 1 atom stereocenters. The number of fused-ring (bicyclic) bond motifs is 1. The Morgan fingerprint density at radius 2 is 1.96 bits per heavy atom. The van der Waals surface area contributed by atoms with E-state index in [1.165, 1.54) is 14.6 Å². The molecule has 2 heterocycles.